The first-order valence-electron chi connectivity index (χ1n) is 6.90. The second-order valence-electron chi connectivity index (χ2n) is 5.10. The molecule has 1 aliphatic rings. The Morgan fingerprint density at radius 3 is 2.71 bits per heavy atom. The van der Waals surface area contributed by atoms with Crippen LogP contribution in [0.25, 0.3) is 0 Å². The number of nitro groups is 1. The van der Waals surface area contributed by atoms with E-state index in [9.17, 15) is 10.1 Å². The van der Waals surface area contributed by atoms with Crippen molar-refractivity contribution in [2.24, 2.45) is 0 Å². The molecule has 1 N–H and O–H groups in total. The molecule has 1 unspecified atom stereocenters. The Morgan fingerprint density at radius 1 is 1.19 bits per heavy atom. The molecule has 0 saturated carbocycles. The van der Waals surface area contributed by atoms with E-state index in [4.69, 9.17) is 4.74 Å². The van der Waals surface area contributed by atoms with E-state index in [0.717, 1.165) is 17.9 Å². The van der Waals surface area contributed by atoms with E-state index in [1.807, 2.05) is 18.2 Å². The summed E-state index contributed by atoms with van der Waals surface area (Å²) in [6, 6.07) is 14.7. The van der Waals surface area contributed by atoms with E-state index in [1.165, 1.54) is 17.7 Å². The van der Waals surface area contributed by atoms with Gasteiger partial charge >= 0.3 is 0 Å². The molecule has 0 aromatic heterocycles. The van der Waals surface area contributed by atoms with E-state index in [0.29, 0.717) is 19.1 Å². The van der Waals surface area contributed by atoms with Gasteiger partial charge in [0.05, 0.1) is 11.5 Å². The summed E-state index contributed by atoms with van der Waals surface area (Å²) in [7, 11) is 0. The van der Waals surface area contributed by atoms with Crippen LogP contribution in [-0.2, 0) is 6.54 Å². The van der Waals surface area contributed by atoms with Crippen LogP contribution in [-0.4, -0.2) is 18.1 Å². The highest BCUT2D eigenvalue weighted by molar-refractivity contribution is 5.39. The highest BCUT2D eigenvalue weighted by Gasteiger charge is 2.22. The summed E-state index contributed by atoms with van der Waals surface area (Å²) in [5.41, 5.74) is 2.40. The fourth-order valence-corrected chi connectivity index (χ4v) is 2.52. The number of rotatable bonds is 5. The monoisotopic (exact) mass is 284 g/mol. The molecule has 1 atom stereocenters. The number of benzene rings is 2. The van der Waals surface area contributed by atoms with Gasteiger partial charge in [-0.05, 0) is 11.6 Å². The molecule has 108 valence electrons. The van der Waals surface area contributed by atoms with Crippen LogP contribution in [0.2, 0.25) is 0 Å². The van der Waals surface area contributed by atoms with Crippen LogP contribution >= 0.6 is 0 Å². The lowest BCUT2D eigenvalue weighted by Crippen LogP contribution is -2.22. The van der Waals surface area contributed by atoms with Crippen LogP contribution in [0.15, 0.2) is 48.5 Å². The van der Waals surface area contributed by atoms with Crippen LogP contribution in [0.3, 0.4) is 0 Å². The van der Waals surface area contributed by atoms with Crippen LogP contribution in [0.1, 0.15) is 17.0 Å². The molecule has 0 fully saturated rings. The van der Waals surface area contributed by atoms with Crippen molar-refractivity contribution in [2.45, 2.75) is 12.5 Å². The Morgan fingerprint density at radius 2 is 1.95 bits per heavy atom. The molecule has 5 heteroatoms. The smallest absolute Gasteiger partial charge is 0.269 e. The zero-order valence-corrected chi connectivity index (χ0v) is 11.5. The third-order valence-corrected chi connectivity index (χ3v) is 3.67. The van der Waals surface area contributed by atoms with Gasteiger partial charge in [-0.1, -0.05) is 30.3 Å². The third-order valence-electron chi connectivity index (χ3n) is 3.67. The minimum atomic E-state index is -0.385. The number of nitrogens with zero attached hydrogens (tertiary/aromatic N) is 1. The minimum absolute atomic E-state index is 0.122. The lowest BCUT2D eigenvalue weighted by molar-refractivity contribution is -0.384. The topological polar surface area (TPSA) is 64.4 Å². The number of hydrogen-bond acceptors (Lipinski definition) is 4. The van der Waals surface area contributed by atoms with Crippen molar-refractivity contribution in [3.63, 3.8) is 0 Å². The van der Waals surface area contributed by atoms with Crippen molar-refractivity contribution >= 4 is 5.69 Å². The average molecular weight is 284 g/mol. The number of para-hydroxylation sites is 1. The lowest BCUT2D eigenvalue weighted by atomic mass is 10.0. The van der Waals surface area contributed by atoms with Crippen molar-refractivity contribution in [1.29, 1.82) is 0 Å². The van der Waals surface area contributed by atoms with Crippen molar-refractivity contribution < 1.29 is 9.66 Å². The van der Waals surface area contributed by atoms with E-state index < -0.39 is 0 Å². The maximum absolute atomic E-state index is 10.6. The van der Waals surface area contributed by atoms with Crippen molar-refractivity contribution in [1.82, 2.24) is 5.32 Å². The average Bonchev–Trinajstić information content (AvgIpc) is 2.91. The zero-order valence-electron chi connectivity index (χ0n) is 11.5. The van der Waals surface area contributed by atoms with Gasteiger partial charge in [0.2, 0.25) is 0 Å². The van der Waals surface area contributed by atoms with Gasteiger partial charge in [-0.15, -0.1) is 0 Å². The van der Waals surface area contributed by atoms with Gasteiger partial charge in [-0.25, -0.2) is 0 Å². The van der Waals surface area contributed by atoms with E-state index >= 15 is 0 Å². The molecule has 1 aliphatic heterocycles. The van der Waals surface area contributed by atoms with Crippen molar-refractivity contribution in [3.8, 4) is 5.75 Å². The highest BCUT2D eigenvalue weighted by atomic mass is 16.6. The van der Waals surface area contributed by atoms with Gasteiger partial charge in [0.25, 0.3) is 5.69 Å². The second kappa shape index (κ2) is 5.93. The number of nitro benzene ring substituents is 1. The van der Waals surface area contributed by atoms with E-state index in [2.05, 4.69) is 11.4 Å². The SMILES string of the molecule is O=[N+]([O-])c1ccc(CNCC2COc3ccccc32)cc1. The van der Waals surface area contributed by atoms with E-state index in [1.54, 1.807) is 12.1 Å². The van der Waals surface area contributed by atoms with Gasteiger partial charge in [-0.3, -0.25) is 10.1 Å². The third kappa shape index (κ3) is 3.03. The Hall–Kier alpha value is -2.40. The molecule has 21 heavy (non-hydrogen) atoms. The summed E-state index contributed by atoms with van der Waals surface area (Å²) in [4.78, 5) is 10.2. The molecule has 0 spiro atoms. The quantitative estimate of drug-likeness (QED) is 0.677. The summed E-state index contributed by atoms with van der Waals surface area (Å²) < 4.78 is 5.64. The molecular weight excluding hydrogens is 268 g/mol. The summed E-state index contributed by atoms with van der Waals surface area (Å²) in [6.07, 6.45) is 0. The Balaban J connectivity index is 1.54. The number of hydrogen-bond donors (Lipinski definition) is 1. The van der Waals surface area contributed by atoms with Gasteiger partial charge in [0.1, 0.15) is 5.75 Å². The summed E-state index contributed by atoms with van der Waals surface area (Å²) in [5.74, 6) is 1.33. The van der Waals surface area contributed by atoms with Gasteiger partial charge in [0, 0.05) is 36.7 Å². The molecule has 3 rings (SSSR count). The molecule has 2 aromatic rings. The fourth-order valence-electron chi connectivity index (χ4n) is 2.52. The first-order valence-corrected chi connectivity index (χ1v) is 6.90. The predicted molar refractivity (Wildman–Crippen MR) is 79.5 cm³/mol. The number of ether oxygens (including phenoxy) is 1. The summed E-state index contributed by atoms with van der Waals surface area (Å²) in [6.45, 7) is 2.22. The van der Waals surface area contributed by atoms with Gasteiger partial charge in [-0.2, -0.15) is 0 Å². The Kier molecular flexibility index (Phi) is 3.83. The second-order valence-corrected chi connectivity index (χ2v) is 5.10. The lowest BCUT2D eigenvalue weighted by Gasteiger charge is -2.10. The summed E-state index contributed by atoms with van der Waals surface area (Å²) >= 11 is 0. The van der Waals surface area contributed by atoms with Crippen LogP contribution in [0.5, 0.6) is 5.75 Å². The first kappa shape index (κ1) is 13.6. The van der Waals surface area contributed by atoms with Crippen molar-refractivity contribution in [2.75, 3.05) is 13.2 Å². The van der Waals surface area contributed by atoms with Crippen LogP contribution in [0.4, 0.5) is 5.69 Å². The molecule has 0 saturated heterocycles. The standard InChI is InChI=1S/C16H16N2O3/c19-18(20)14-7-5-12(6-8-14)9-17-10-13-11-21-16-4-2-1-3-15(13)16/h1-8,13,17H,9-11H2. The molecule has 0 radical (unpaired) electrons. The normalized spacial score (nSPS) is 16.3. The molecule has 1 heterocycles. The Bertz CT molecular complexity index is 640. The molecule has 0 amide bonds. The highest BCUT2D eigenvalue weighted by Crippen LogP contribution is 2.32. The zero-order chi connectivity index (χ0) is 14.7. The van der Waals surface area contributed by atoms with Crippen molar-refractivity contribution in [3.05, 3.63) is 69.8 Å². The maximum Gasteiger partial charge on any atom is 0.269 e. The fraction of sp³-hybridized carbons (Fsp3) is 0.250. The van der Waals surface area contributed by atoms with Crippen LogP contribution < -0.4 is 10.1 Å². The Labute approximate surface area is 122 Å². The summed E-state index contributed by atoms with van der Waals surface area (Å²) in [5, 5.41) is 14.0. The minimum Gasteiger partial charge on any atom is -0.493 e. The molecular formula is C16H16N2O3. The van der Waals surface area contributed by atoms with Gasteiger partial charge < -0.3 is 10.1 Å². The van der Waals surface area contributed by atoms with Gasteiger partial charge in [0.15, 0.2) is 0 Å². The largest absolute Gasteiger partial charge is 0.493 e. The first-order chi connectivity index (χ1) is 10.2. The number of nitrogens with one attached hydrogen (secondary N) is 1. The molecule has 5 nitrogen and oxygen atoms in total. The number of non-ortho nitro benzene ring substituents is 1. The molecule has 2 aromatic carbocycles. The molecule has 0 bridgehead atoms. The predicted octanol–water partition coefficient (Wildman–Crippen LogP) is 2.86. The van der Waals surface area contributed by atoms with E-state index in [-0.39, 0.29) is 10.6 Å². The maximum atomic E-state index is 10.6. The van der Waals surface area contributed by atoms with Crippen LogP contribution in [0, 0.1) is 10.1 Å². The number of fused-ring (bicyclic) bond motifs is 1. The molecule has 0 aliphatic carbocycles.